The van der Waals surface area contributed by atoms with Crippen LogP contribution in [-0.4, -0.2) is 26.6 Å². The maximum atomic E-state index is 12.4. The molecule has 0 aliphatic rings. The zero-order valence-electron chi connectivity index (χ0n) is 11.3. The van der Waals surface area contributed by atoms with E-state index in [-0.39, 0.29) is 6.67 Å². The summed E-state index contributed by atoms with van der Waals surface area (Å²) in [7, 11) is -3.81. The highest BCUT2D eigenvalue weighted by Gasteiger charge is 2.25. The van der Waals surface area contributed by atoms with Gasteiger partial charge in [0.1, 0.15) is 5.75 Å². The van der Waals surface area contributed by atoms with Crippen molar-refractivity contribution in [3.63, 3.8) is 0 Å². The van der Waals surface area contributed by atoms with Crippen molar-refractivity contribution in [2.45, 2.75) is 0 Å². The first-order chi connectivity index (χ1) is 10.0. The molecular formula is C15H16N2O3S. The Kier molecular flexibility index (Phi) is 4.72. The Morgan fingerprint density at radius 2 is 1.48 bits per heavy atom. The number of rotatable bonds is 6. The molecule has 0 aliphatic carbocycles. The van der Waals surface area contributed by atoms with Crippen molar-refractivity contribution in [1.82, 2.24) is 0 Å². The molecule has 0 heterocycles. The minimum Gasteiger partial charge on any atom is -0.313 e. The fourth-order valence-electron chi connectivity index (χ4n) is 1.92. The quantitative estimate of drug-likeness (QED) is 0.649. The summed E-state index contributed by atoms with van der Waals surface area (Å²) < 4.78 is 25.8. The first-order valence-corrected chi connectivity index (χ1v) is 7.99. The number of carbonyl (C=O) groups excluding carboxylic acids is 1. The largest absolute Gasteiger partial charge is 0.313 e. The Bertz CT molecular complexity index is 700. The zero-order valence-corrected chi connectivity index (χ0v) is 12.2. The lowest BCUT2D eigenvalue weighted by Gasteiger charge is -2.22. The molecule has 0 atom stereocenters. The summed E-state index contributed by atoms with van der Waals surface area (Å²) in [5, 5.41) is 0. The van der Waals surface area contributed by atoms with Crippen LogP contribution in [0.4, 0.5) is 5.69 Å². The van der Waals surface area contributed by atoms with E-state index in [0.717, 1.165) is 4.31 Å². The van der Waals surface area contributed by atoms with E-state index in [1.165, 1.54) is 0 Å². The van der Waals surface area contributed by atoms with E-state index in [1.54, 1.807) is 60.7 Å². The molecule has 0 aromatic heterocycles. The molecule has 0 aliphatic heterocycles. The van der Waals surface area contributed by atoms with Crippen LogP contribution >= 0.6 is 0 Å². The van der Waals surface area contributed by atoms with Gasteiger partial charge in [-0.3, -0.25) is 9.10 Å². The number of sulfonamides is 1. The SMILES string of the molecule is NCN(c1ccccc1)S(=O)(=O)CC(=O)c1ccccc1. The first kappa shape index (κ1) is 15.2. The second-order valence-corrected chi connectivity index (χ2v) is 6.31. The average molecular weight is 304 g/mol. The molecule has 2 aromatic carbocycles. The van der Waals surface area contributed by atoms with Crippen LogP contribution in [0.3, 0.4) is 0 Å². The normalized spacial score (nSPS) is 11.1. The van der Waals surface area contributed by atoms with E-state index in [4.69, 9.17) is 5.73 Å². The van der Waals surface area contributed by atoms with Gasteiger partial charge in [-0.1, -0.05) is 48.5 Å². The third-order valence-electron chi connectivity index (χ3n) is 2.96. The molecule has 0 fully saturated rings. The minimum absolute atomic E-state index is 0.214. The number of hydrogen-bond donors (Lipinski definition) is 1. The van der Waals surface area contributed by atoms with Crippen LogP contribution in [0, 0.1) is 0 Å². The molecule has 0 amide bonds. The monoisotopic (exact) mass is 304 g/mol. The van der Waals surface area contributed by atoms with Crippen molar-refractivity contribution >= 4 is 21.5 Å². The summed E-state index contributed by atoms with van der Waals surface area (Å²) in [6, 6.07) is 16.8. The Balaban J connectivity index is 2.23. The van der Waals surface area contributed by atoms with Crippen molar-refractivity contribution in [3.05, 3.63) is 66.2 Å². The molecule has 0 saturated carbocycles. The van der Waals surface area contributed by atoms with Gasteiger partial charge in [0.05, 0.1) is 12.4 Å². The number of nitrogens with two attached hydrogens (primary N) is 1. The summed E-state index contributed by atoms with van der Waals surface area (Å²) in [5.74, 6) is -1.06. The van der Waals surface area contributed by atoms with E-state index in [1.807, 2.05) is 0 Å². The van der Waals surface area contributed by atoms with Gasteiger partial charge < -0.3 is 5.73 Å². The van der Waals surface area contributed by atoms with E-state index in [2.05, 4.69) is 0 Å². The lowest BCUT2D eigenvalue weighted by molar-refractivity contribution is 0.102. The summed E-state index contributed by atoms with van der Waals surface area (Å²) in [5.41, 5.74) is 6.35. The Hall–Kier alpha value is -2.18. The van der Waals surface area contributed by atoms with Gasteiger partial charge in [-0.25, -0.2) is 8.42 Å². The minimum atomic E-state index is -3.81. The van der Waals surface area contributed by atoms with Crippen molar-refractivity contribution in [3.8, 4) is 0 Å². The van der Waals surface area contributed by atoms with Crippen molar-refractivity contribution in [2.24, 2.45) is 5.73 Å². The Morgan fingerprint density at radius 1 is 0.952 bits per heavy atom. The zero-order chi connectivity index (χ0) is 15.3. The fraction of sp³-hybridized carbons (Fsp3) is 0.133. The highest BCUT2D eigenvalue weighted by molar-refractivity contribution is 7.93. The highest BCUT2D eigenvalue weighted by atomic mass is 32.2. The van der Waals surface area contributed by atoms with Crippen molar-refractivity contribution < 1.29 is 13.2 Å². The van der Waals surface area contributed by atoms with Gasteiger partial charge in [-0.2, -0.15) is 0 Å². The molecule has 0 unspecified atom stereocenters. The molecular weight excluding hydrogens is 288 g/mol. The number of anilines is 1. The number of carbonyl (C=O) groups is 1. The summed E-state index contributed by atoms with van der Waals surface area (Å²) in [6.07, 6.45) is 0. The molecule has 0 radical (unpaired) electrons. The van der Waals surface area contributed by atoms with Crippen LogP contribution < -0.4 is 10.0 Å². The molecule has 21 heavy (non-hydrogen) atoms. The molecule has 110 valence electrons. The predicted octanol–water partition coefficient (Wildman–Crippen LogP) is 1.62. The molecule has 5 nitrogen and oxygen atoms in total. The number of hydrogen-bond acceptors (Lipinski definition) is 4. The van der Waals surface area contributed by atoms with E-state index >= 15 is 0 Å². The third kappa shape index (κ3) is 3.68. The topological polar surface area (TPSA) is 80.5 Å². The molecule has 2 aromatic rings. The molecule has 2 N–H and O–H groups in total. The molecule has 0 saturated heterocycles. The van der Waals surface area contributed by atoms with Crippen LogP contribution in [0.5, 0.6) is 0 Å². The van der Waals surface area contributed by atoms with Crippen molar-refractivity contribution in [2.75, 3.05) is 16.7 Å². The highest BCUT2D eigenvalue weighted by Crippen LogP contribution is 2.17. The maximum absolute atomic E-state index is 12.4. The predicted molar refractivity (Wildman–Crippen MR) is 82.5 cm³/mol. The second kappa shape index (κ2) is 6.51. The molecule has 0 spiro atoms. The molecule has 0 bridgehead atoms. The van der Waals surface area contributed by atoms with Crippen LogP contribution in [0.15, 0.2) is 60.7 Å². The maximum Gasteiger partial charge on any atom is 0.243 e. The van der Waals surface area contributed by atoms with Gasteiger partial charge in [0.15, 0.2) is 5.78 Å². The van der Waals surface area contributed by atoms with Gasteiger partial charge in [0.2, 0.25) is 10.0 Å². The summed E-state index contributed by atoms with van der Waals surface area (Å²) in [6.45, 7) is -0.214. The van der Waals surface area contributed by atoms with Crippen LogP contribution in [-0.2, 0) is 10.0 Å². The number of nitrogens with zero attached hydrogens (tertiary/aromatic N) is 1. The van der Waals surface area contributed by atoms with Gasteiger partial charge in [-0.05, 0) is 12.1 Å². The van der Waals surface area contributed by atoms with E-state index in [9.17, 15) is 13.2 Å². The smallest absolute Gasteiger partial charge is 0.243 e. The number of benzene rings is 2. The first-order valence-electron chi connectivity index (χ1n) is 6.38. The number of para-hydroxylation sites is 1. The van der Waals surface area contributed by atoms with Crippen LogP contribution in [0.2, 0.25) is 0 Å². The molecule has 6 heteroatoms. The second-order valence-electron chi connectivity index (χ2n) is 4.41. The fourth-order valence-corrected chi connectivity index (χ4v) is 3.25. The Labute approximate surface area is 124 Å². The third-order valence-corrected chi connectivity index (χ3v) is 4.61. The van der Waals surface area contributed by atoms with Gasteiger partial charge >= 0.3 is 0 Å². The van der Waals surface area contributed by atoms with Crippen molar-refractivity contribution in [1.29, 1.82) is 0 Å². The number of Topliss-reactive ketones (excluding diaryl/α,β-unsaturated/α-hetero) is 1. The van der Waals surface area contributed by atoms with Gasteiger partial charge in [-0.15, -0.1) is 0 Å². The lowest BCUT2D eigenvalue weighted by atomic mass is 10.2. The van der Waals surface area contributed by atoms with Gasteiger partial charge in [0, 0.05) is 5.56 Å². The molecule has 2 rings (SSSR count). The summed E-state index contributed by atoms with van der Waals surface area (Å²) in [4.78, 5) is 12.1. The number of ketones is 1. The van der Waals surface area contributed by atoms with E-state index < -0.39 is 21.6 Å². The average Bonchev–Trinajstić information content (AvgIpc) is 2.49. The van der Waals surface area contributed by atoms with Crippen LogP contribution in [0.25, 0.3) is 0 Å². The van der Waals surface area contributed by atoms with E-state index in [0.29, 0.717) is 11.3 Å². The lowest BCUT2D eigenvalue weighted by Crippen LogP contribution is -2.39. The van der Waals surface area contributed by atoms with Crippen LogP contribution in [0.1, 0.15) is 10.4 Å². The van der Waals surface area contributed by atoms with Gasteiger partial charge in [0.25, 0.3) is 0 Å². The summed E-state index contributed by atoms with van der Waals surface area (Å²) >= 11 is 0. The standard InChI is InChI=1S/C15H16N2O3S/c16-12-17(14-9-5-2-6-10-14)21(19,20)11-15(18)13-7-3-1-4-8-13/h1-10H,11-12,16H2. The Morgan fingerprint density at radius 3 is 2.00 bits per heavy atom.